The Morgan fingerprint density at radius 3 is 1.00 bits per heavy atom. The summed E-state index contributed by atoms with van der Waals surface area (Å²) in [6.45, 7) is 4.60. The van der Waals surface area contributed by atoms with Crippen molar-refractivity contribution in [1.82, 2.24) is 0 Å². The van der Waals surface area contributed by atoms with Gasteiger partial charge in [-0.15, -0.1) is 0 Å². The lowest BCUT2D eigenvalue weighted by Gasteiger charge is -2.26. The van der Waals surface area contributed by atoms with Gasteiger partial charge in [0.1, 0.15) is 13.2 Å². The van der Waals surface area contributed by atoms with Crippen LogP contribution in [0.1, 0.15) is 316 Å². The predicted octanol–water partition coefficient (Wildman–Crippen LogP) is 20.5. The van der Waals surface area contributed by atoms with E-state index in [1.54, 1.807) is 0 Å². The van der Waals surface area contributed by atoms with Gasteiger partial charge in [-0.2, -0.15) is 0 Å². The zero-order valence-corrected chi connectivity index (χ0v) is 55.5. The first-order valence-corrected chi connectivity index (χ1v) is 35.2. The highest BCUT2D eigenvalue weighted by Gasteiger charge is 2.22. The highest BCUT2D eigenvalue weighted by molar-refractivity contribution is 5.70. The molecule has 0 radical (unpaired) electrons. The second-order valence-electron chi connectivity index (χ2n) is 24.8. The largest absolute Gasteiger partial charge is 0.545 e. The van der Waals surface area contributed by atoms with Crippen molar-refractivity contribution >= 4 is 17.9 Å². The Hall–Kier alpha value is -3.53. The van der Waals surface area contributed by atoms with Gasteiger partial charge in [0.05, 0.1) is 40.3 Å². The fraction of sp³-hybridized carbons (Fsp3) is 0.773. The number of carboxylic acids is 1. The number of nitrogens with zero attached hydrogens (tertiary/aromatic N) is 1. The number of carbonyl (C=O) groups excluding carboxylic acids is 3. The van der Waals surface area contributed by atoms with Crippen LogP contribution >= 0.6 is 0 Å². The van der Waals surface area contributed by atoms with Crippen molar-refractivity contribution in [2.75, 3.05) is 47.5 Å². The van der Waals surface area contributed by atoms with Crippen LogP contribution in [0, 0.1) is 0 Å². The Kier molecular flexibility index (Phi) is 62.7. The Morgan fingerprint density at radius 1 is 0.369 bits per heavy atom. The van der Waals surface area contributed by atoms with Gasteiger partial charge in [-0.25, -0.2) is 0 Å². The maximum atomic E-state index is 12.9. The zero-order valence-electron chi connectivity index (χ0n) is 55.5. The number of ether oxygens (including phenoxy) is 4. The van der Waals surface area contributed by atoms with Crippen LogP contribution in [0.4, 0.5) is 0 Å². The van der Waals surface area contributed by atoms with Gasteiger partial charge in [-0.3, -0.25) is 9.59 Å². The van der Waals surface area contributed by atoms with Crippen LogP contribution in [0.5, 0.6) is 0 Å². The van der Waals surface area contributed by atoms with Gasteiger partial charge < -0.3 is 33.3 Å². The molecule has 0 aliphatic rings. The van der Waals surface area contributed by atoms with Gasteiger partial charge in [0, 0.05) is 12.8 Å². The van der Waals surface area contributed by atoms with E-state index in [0.717, 1.165) is 64.2 Å². The summed E-state index contributed by atoms with van der Waals surface area (Å²) in [6.07, 6.45) is 85.6. The molecule has 2 atom stereocenters. The molecule has 0 saturated heterocycles. The van der Waals surface area contributed by atoms with E-state index in [9.17, 15) is 19.5 Å². The average molecular weight is 1180 g/mol. The monoisotopic (exact) mass is 1180 g/mol. The van der Waals surface area contributed by atoms with E-state index in [0.29, 0.717) is 23.9 Å². The van der Waals surface area contributed by atoms with Crippen LogP contribution < -0.4 is 5.11 Å². The Bertz CT molecular complexity index is 1650. The third-order valence-electron chi connectivity index (χ3n) is 15.4. The van der Waals surface area contributed by atoms with Gasteiger partial charge in [-0.1, -0.05) is 324 Å². The van der Waals surface area contributed by atoms with Crippen LogP contribution in [0.15, 0.2) is 85.1 Å². The van der Waals surface area contributed by atoms with Crippen LogP contribution in [0.25, 0.3) is 0 Å². The molecule has 0 saturated carbocycles. The maximum Gasteiger partial charge on any atom is 0.306 e. The van der Waals surface area contributed by atoms with E-state index in [-0.39, 0.29) is 38.6 Å². The number of hydrogen-bond acceptors (Lipinski definition) is 8. The van der Waals surface area contributed by atoms with Crippen molar-refractivity contribution in [2.24, 2.45) is 0 Å². The van der Waals surface area contributed by atoms with Crippen molar-refractivity contribution in [2.45, 2.75) is 328 Å². The SMILES string of the molecule is CC/C=C\C/C=C\C/C=C\C/C=C\C/C=C\C/C=C\C/C=C\CCCC(=O)OC(COC(=O)CCCCCCCCCCCCCCCCCCCCCCCCCCCCCCCCCCCCCC)COC(OCC[N+](C)(C)C)C(=O)[O-]. The van der Waals surface area contributed by atoms with Gasteiger partial charge in [0.15, 0.2) is 12.4 Å². The molecule has 0 aliphatic carbocycles. The molecule has 0 bridgehead atoms. The smallest absolute Gasteiger partial charge is 0.306 e. The molecule has 0 heterocycles. The summed E-state index contributed by atoms with van der Waals surface area (Å²) in [5.74, 6) is -2.36. The number of likely N-dealkylation sites (N-methyl/N-ethyl adjacent to an activating group) is 1. The lowest BCUT2D eigenvalue weighted by atomic mass is 10.0. The summed E-state index contributed by atoms with van der Waals surface area (Å²) < 4.78 is 22.7. The Balaban J connectivity index is 4.09. The van der Waals surface area contributed by atoms with Crippen LogP contribution in [-0.2, 0) is 33.3 Å². The Labute approximate surface area is 519 Å². The minimum Gasteiger partial charge on any atom is -0.545 e. The minimum absolute atomic E-state index is 0.134. The van der Waals surface area contributed by atoms with E-state index in [4.69, 9.17) is 18.9 Å². The summed E-state index contributed by atoms with van der Waals surface area (Å²) in [6, 6.07) is 0. The molecule has 0 fully saturated rings. The van der Waals surface area contributed by atoms with Gasteiger partial charge in [-0.05, 0) is 64.2 Å². The first-order chi connectivity index (χ1) is 41.1. The topological polar surface area (TPSA) is 111 Å². The molecule has 0 amide bonds. The summed E-state index contributed by atoms with van der Waals surface area (Å²) >= 11 is 0. The van der Waals surface area contributed by atoms with Gasteiger partial charge >= 0.3 is 11.9 Å². The normalized spacial score (nSPS) is 13.2. The van der Waals surface area contributed by atoms with Gasteiger partial charge in [0.2, 0.25) is 0 Å². The van der Waals surface area contributed by atoms with E-state index in [1.165, 1.54) is 212 Å². The highest BCUT2D eigenvalue weighted by atomic mass is 16.7. The highest BCUT2D eigenvalue weighted by Crippen LogP contribution is 2.18. The van der Waals surface area contributed by atoms with Crippen molar-refractivity contribution in [3.8, 4) is 0 Å². The summed E-state index contributed by atoms with van der Waals surface area (Å²) in [4.78, 5) is 37.4. The molecule has 0 aliphatic heterocycles. The molecule has 0 spiro atoms. The number of unbranched alkanes of at least 4 members (excludes halogenated alkanes) is 36. The van der Waals surface area contributed by atoms with Crippen molar-refractivity contribution in [3.05, 3.63) is 85.1 Å². The molecular weight excluding hydrogens is 1040 g/mol. The fourth-order valence-electron chi connectivity index (χ4n) is 10.1. The molecule has 9 heteroatoms. The number of quaternary nitrogens is 1. The maximum absolute atomic E-state index is 12.9. The molecular formula is C75H133NO8. The van der Waals surface area contributed by atoms with Crippen molar-refractivity contribution < 1.29 is 42.9 Å². The van der Waals surface area contributed by atoms with Crippen LogP contribution in [0.3, 0.4) is 0 Å². The van der Waals surface area contributed by atoms with E-state index >= 15 is 0 Å². The molecule has 486 valence electrons. The van der Waals surface area contributed by atoms with E-state index < -0.39 is 24.3 Å². The number of rotatable bonds is 65. The summed E-state index contributed by atoms with van der Waals surface area (Å²) in [5.41, 5.74) is 0. The molecule has 0 rings (SSSR count). The number of carbonyl (C=O) groups is 3. The number of carboxylic acid groups (broad SMARTS) is 1. The predicted molar refractivity (Wildman–Crippen MR) is 357 cm³/mol. The molecule has 9 nitrogen and oxygen atoms in total. The van der Waals surface area contributed by atoms with E-state index in [1.807, 2.05) is 21.1 Å². The summed E-state index contributed by atoms with van der Waals surface area (Å²) in [7, 11) is 5.91. The average Bonchev–Trinajstić information content (AvgIpc) is 3.51. The van der Waals surface area contributed by atoms with Gasteiger partial charge in [0.25, 0.3) is 0 Å². The molecule has 0 aromatic rings. The number of allylic oxidation sites excluding steroid dienone is 14. The third-order valence-corrected chi connectivity index (χ3v) is 15.4. The quantitative estimate of drug-likeness (QED) is 0.0195. The molecule has 0 N–H and O–H groups in total. The molecule has 2 unspecified atom stereocenters. The first-order valence-electron chi connectivity index (χ1n) is 35.2. The number of esters is 2. The third kappa shape index (κ3) is 66.0. The van der Waals surface area contributed by atoms with E-state index in [2.05, 4.69) is 98.9 Å². The first kappa shape index (κ1) is 80.5. The fourth-order valence-corrected chi connectivity index (χ4v) is 10.1. The Morgan fingerprint density at radius 2 is 0.679 bits per heavy atom. The molecule has 84 heavy (non-hydrogen) atoms. The molecule has 0 aromatic carbocycles. The number of hydrogen-bond donors (Lipinski definition) is 0. The van der Waals surface area contributed by atoms with Crippen molar-refractivity contribution in [1.29, 1.82) is 0 Å². The second-order valence-corrected chi connectivity index (χ2v) is 24.8. The minimum atomic E-state index is -1.64. The lowest BCUT2D eigenvalue weighted by Crippen LogP contribution is -2.44. The lowest BCUT2D eigenvalue weighted by molar-refractivity contribution is -0.870. The molecule has 0 aromatic heterocycles. The van der Waals surface area contributed by atoms with Crippen molar-refractivity contribution in [3.63, 3.8) is 0 Å². The standard InChI is InChI=1S/C75H133NO8/c1-6-8-10-12-14-16-18-20-22-24-26-28-30-31-32-33-34-35-36-37-38-39-40-41-42-44-45-47-49-51-53-55-57-59-61-63-65-72(77)82-69-71(70-83-75(74(79)80)81-68-67-76(3,4)5)84-73(78)66-64-62-60-58-56-54-52-50-48-46-43-29-27-25-23-21-19-17-15-13-11-9-7-2/h9,11,15,17,21,23,27,29,46,48,52,54,58,60,71,75H,6-8,10,12-14,16,18-20,22,24-26,28,30-45,47,49-51,53,55-57,59,61-70H2,1-5H3/b11-9-,17-15-,23-21-,29-27-,48-46-,54-52-,60-58-. The number of aliphatic carboxylic acids is 1. The zero-order chi connectivity index (χ0) is 61.2. The van der Waals surface area contributed by atoms with Crippen LogP contribution in [0.2, 0.25) is 0 Å². The second kappa shape index (κ2) is 65.4. The van der Waals surface area contributed by atoms with Crippen LogP contribution in [-0.4, -0.2) is 82.3 Å². The summed E-state index contributed by atoms with van der Waals surface area (Å²) in [5, 5.41) is 11.8.